The number of phosphoric ester groups is 1. The fourth-order valence-corrected chi connectivity index (χ4v) is 9.29. The van der Waals surface area contributed by atoms with E-state index in [0.717, 1.165) is 64.2 Å². The molecule has 0 heterocycles. The minimum atomic E-state index is -4.79. The third-order valence-corrected chi connectivity index (χ3v) is 13.9. The van der Waals surface area contributed by atoms with Crippen molar-refractivity contribution in [2.45, 2.75) is 309 Å². The van der Waals surface area contributed by atoms with Crippen molar-refractivity contribution >= 4 is 25.7 Å². The van der Waals surface area contributed by atoms with Crippen LogP contribution in [0.15, 0.2) is 12.2 Å². The van der Waals surface area contributed by atoms with Crippen LogP contribution in [0.2, 0.25) is 0 Å². The van der Waals surface area contributed by atoms with Gasteiger partial charge in [-0.1, -0.05) is 251 Å². The summed E-state index contributed by atoms with van der Waals surface area (Å²) in [6.45, 7) is 5.67. The second-order valence-corrected chi connectivity index (χ2v) is 21.2. The van der Waals surface area contributed by atoms with Gasteiger partial charge in [-0.3, -0.25) is 18.9 Å². The molecule has 0 aromatic heterocycles. The van der Waals surface area contributed by atoms with Crippen LogP contribution in [0, 0.1) is 0 Å². The molecule has 0 aliphatic carbocycles. The van der Waals surface area contributed by atoms with Gasteiger partial charge in [-0.25, -0.2) is 0 Å². The summed E-state index contributed by atoms with van der Waals surface area (Å²) in [5, 5.41) is 2.71. The lowest BCUT2D eigenvalue weighted by molar-refractivity contribution is -0.228. The summed E-state index contributed by atoms with van der Waals surface area (Å²) in [5.74, 6) is -1.03. The van der Waals surface area contributed by atoms with Crippen molar-refractivity contribution in [3.05, 3.63) is 12.2 Å². The van der Waals surface area contributed by atoms with Crippen LogP contribution in [0.1, 0.15) is 303 Å². The van der Waals surface area contributed by atoms with Gasteiger partial charge < -0.3 is 28.7 Å². The number of phosphoric acid groups is 1. The maximum absolute atomic E-state index is 12.8. The SMILES string of the molecule is CCCCCCCC/C=C\CCCCCCCC(=O)NCCOP(=O)([O-])OC[C@@H](COC(=O)CCCCCCCCCCCCCCCC)OC(=O)CCCCCCCCCCCCCCCC. The van der Waals surface area contributed by atoms with E-state index in [-0.39, 0.29) is 38.5 Å². The minimum Gasteiger partial charge on any atom is -0.756 e. The van der Waals surface area contributed by atoms with E-state index in [9.17, 15) is 23.8 Å². The van der Waals surface area contributed by atoms with Crippen molar-refractivity contribution in [1.29, 1.82) is 0 Å². The van der Waals surface area contributed by atoms with E-state index >= 15 is 0 Å². The average Bonchev–Trinajstić information content (AvgIpc) is 3.32. The molecule has 10 nitrogen and oxygen atoms in total. The Morgan fingerprint density at radius 3 is 1.18 bits per heavy atom. The Balaban J connectivity index is 4.47. The van der Waals surface area contributed by atoms with Crippen molar-refractivity contribution in [3.8, 4) is 0 Å². The number of nitrogens with one attached hydrogen (secondary N) is 1. The predicted octanol–water partition coefficient (Wildman–Crippen LogP) is 16.8. The zero-order valence-corrected chi connectivity index (χ0v) is 45.7. The maximum atomic E-state index is 12.8. The molecule has 1 N–H and O–H groups in total. The van der Waals surface area contributed by atoms with E-state index < -0.39 is 32.5 Å². The Kier molecular flexibility index (Phi) is 51.7. The number of esters is 2. The van der Waals surface area contributed by atoms with Crippen molar-refractivity contribution in [2.24, 2.45) is 0 Å². The van der Waals surface area contributed by atoms with Crippen LogP contribution in [-0.4, -0.2) is 50.3 Å². The molecule has 11 heteroatoms. The summed E-state index contributed by atoms with van der Waals surface area (Å²) in [7, 11) is -4.79. The first-order valence-corrected chi connectivity index (χ1v) is 30.6. The lowest BCUT2D eigenvalue weighted by Crippen LogP contribution is -2.31. The Hall–Kier alpha value is -1.74. The second-order valence-electron chi connectivity index (χ2n) is 19.7. The van der Waals surface area contributed by atoms with E-state index in [1.807, 2.05) is 0 Å². The lowest BCUT2D eigenvalue weighted by Gasteiger charge is -2.25. The zero-order valence-electron chi connectivity index (χ0n) is 44.8. The molecule has 0 aliphatic heterocycles. The molecule has 1 amide bonds. The van der Waals surface area contributed by atoms with Crippen LogP contribution in [0.4, 0.5) is 0 Å². The van der Waals surface area contributed by atoms with Crippen LogP contribution >= 0.6 is 7.82 Å². The molecule has 0 aliphatic rings. The monoisotopic (exact) mass is 983 g/mol. The number of carbonyl (C=O) groups is 3. The fourth-order valence-electron chi connectivity index (χ4n) is 8.55. The molecular weight excluding hydrogens is 874 g/mol. The normalized spacial score (nSPS) is 12.9. The quantitative estimate of drug-likeness (QED) is 0.0273. The molecule has 0 aromatic rings. The number of rotatable bonds is 55. The molecule has 0 spiro atoms. The van der Waals surface area contributed by atoms with Crippen molar-refractivity contribution in [3.63, 3.8) is 0 Å². The fraction of sp³-hybridized carbons (Fsp3) is 0.912. The molecule has 0 rings (SSSR count). The second kappa shape index (κ2) is 53.1. The molecule has 2 atom stereocenters. The molecule has 0 aromatic carbocycles. The first-order valence-electron chi connectivity index (χ1n) is 29.1. The van der Waals surface area contributed by atoms with Gasteiger partial charge in [-0.2, -0.15) is 0 Å². The number of ether oxygens (including phenoxy) is 2. The van der Waals surface area contributed by atoms with E-state index in [4.69, 9.17) is 18.5 Å². The number of unbranched alkanes of at least 4 members (excludes halogenated alkanes) is 37. The highest BCUT2D eigenvalue weighted by Gasteiger charge is 2.21. The number of carbonyl (C=O) groups excluding carboxylic acids is 3. The molecule has 1 unspecified atom stereocenters. The van der Waals surface area contributed by atoms with Crippen molar-refractivity contribution < 1.29 is 42.4 Å². The van der Waals surface area contributed by atoms with E-state index in [1.165, 1.54) is 186 Å². The smallest absolute Gasteiger partial charge is 0.306 e. The highest BCUT2D eigenvalue weighted by Crippen LogP contribution is 2.38. The van der Waals surface area contributed by atoms with Crippen LogP contribution < -0.4 is 10.2 Å². The highest BCUT2D eigenvalue weighted by molar-refractivity contribution is 7.45. The van der Waals surface area contributed by atoms with Gasteiger partial charge in [0, 0.05) is 25.8 Å². The molecule has 402 valence electrons. The molecule has 0 fully saturated rings. The Morgan fingerprint density at radius 1 is 0.441 bits per heavy atom. The van der Waals surface area contributed by atoms with Gasteiger partial charge in [0.2, 0.25) is 5.91 Å². The number of allylic oxidation sites excluding steroid dienone is 2. The van der Waals surface area contributed by atoms with Gasteiger partial charge in [0.15, 0.2) is 6.10 Å². The first-order chi connectivity index (χ1) is 33.2. The molecular formula is C57H109NO9P-. The predicted molar refractivity (Wildman–Crippen MR) is 283 cm³/mol. The molecule has 0 saturated heterocycles. The van der Waals surface area contributed by atoms with Gasteiger partial charge in [0.1, 0.15) is 6.61 Å². The summed E-state index contributed by atoms with van der Waals surface area (Å²) < 4.78 is 33.7. The Bertz CT molecular complexity index is 1180. The Labute approximate surface area is 419 Å². The van der Waals surface area contributed by atoms with Crippen LogP contribution in [0.25, 0.3) is 0 Å². The topological polar surface area (TPSA) is 140 Å². The summed E-state index contributed by atoms with van der Waals surface area (Å²) in [6.07, 6.45) is 53.9. The standard InChI is InChI=1S/C57H110NO9P/c1-4-7-10-13-16-19-22-25-28-29-32-35-38-41-44-47-55(59)58-50-51-65-68(62,63)66-53-54(67-57(61)49-46-43-40-37-34-31-27-24-21-18-15-12-9-6-3)52-64-56(60)48-45-42-39-36-33-30-26-23-20-17-14-11-8-5-2/h25,28,54H,4-24,26-27,29-53H2,1-3H3,(H,58,59)(H,62,63)/p-1/b28-25-/t54-/m1/s1. The lowest BCUT2D eigenvalue weighted by atomic mass is 10.0. The van der Waals surface area contributed by atoms with Gasteiger partial charge in [0.25, 0.3) is 7.82 Å². The van der Waals surface area contributed by atoms with Crippen LogP contribution in [0.5, 0.6) is 0 Å². The van der Waals surface area contributed by atoms with Crippen LogP contribution in [0.3, 0.4) is 0 Å². The first kappa shape index (κ1) is 66.3. The molecule has 0 saturated carbocycles. The summed E-state index contributed by atoms with van der Waals surface area (Å²) in [5.41, 5.74) is 0. The van der Waals surface area contributed by atoms with E-state index in [0.29, 0.717) is 19.3 Å². The average molecular weight is 983 g/mol. The van der Waals surface area contributed by atoms with E-state index in [1.54, 1.807) is 0 Å². The molecule has 0 bridgehead atoms. The van der Waals surface area contributed by atoms with Gasteiger partial charge in [-0.05, 0) is 44.9 Å². The Morgan fingerprint density at radius 2 is 0.779 bits per heavy atom. The van der Waals surface area contributed by atoms with Gasteiger partial charge in [0.05, 0.1) is 13.2 Å². The summed E-state index contributed by atoms with van der Waals surface area (Å²) in [6, 6.07) is 0. The maximum Gasteiger partial charge on any atom is 0.306 e. The minimum absolute atomic E-state index is 0.0218. The largest absolute Gasteiger partial charge is 0.756 e. The summed E-state index contributed by atoms with van der Waals surface area (Å²) in [4.78, 5) is 50.4. The molecule has 0 radical (unpaired) electrons. The summed E-state index contributed by atoms with van der Waals surface area (Å²) >= 11 is 0. The van der Waals surface area contributed by atoms with Crippen LogP contribution in [-0.2, 0) is 37.5 Å². The van der Waals surface area contributed by atoms with E-state index in [2.05, 4.69) is 38.2 Å². The number of amides is 1. The zero-order chi connectivity index (χ0) is 49.7. The van der Waals surface area contributed by atoms with Crippen molar-refractivity contribution in [2.75, 3.05) is 26.4 Å². The third-order valence-electron chi connectivity index (χ3n) is 13.0. The number of hydrogen-bond donors (Lipinski definition) is 1. The third kappa shape index (κ3) is 52.1. The highest BCUT2D eigenvalue weighted by atomic mass is 31.2. The van der Waals surface area contributed by atoms with Gasteiger partial charge >= 0.3 is 11.9 Å². The van der Waals surface area contributed by atoms with Crippen molar-refractivity contribution in [1.82, 2.24) is 5.32 Å². The molecule has 68 heavy (non-hydrogen) atoms. The van der Waals surface area contributed by atoms with Gasteiger partial charge in [-0.15, -0.1) is 0 Å². The number of hydrogen-bond acceptors (Lipinski definition) is 9.